The number of esters is 1. The predicted octanol–water partition coefficient (Wildman–Crippen LogP) is 3.39. The van der Waals surface area contributed by atoms with Crippen LogP contribution in [0.5, 0.6) is 0 Å². The van der Waals surface area contributed by atoms with E-state index in [2.05, 4.69) is 10.3 Å². The fraction of sp³-hybridized carbons (Fsp3) is 0.600. The van der Waals surface area contributed by atoms with Crippen LogP contribution in [0.3, 0.4) is 0 Å². The molecule has 2 rings (SSSR count). The molecule has 0 radical (unpaired) electrons. The molecule has 0 aliphatic heterocycles. The lowest BCUT2D eigenvalue weighted by Crippen LogP contribution is -2.23. The number of aromatic nitrogens is 1. The third kappa shape index (κ3) is 3.94. The predicted molar refractivity (Wildman–Crippen MR) is 75.3 cm³/mol. The van der Waals surface area contributed by atoms with Crippen LogP contribution < -0.4 is 5.32 Å². The van der Waals surface area contributed by atoms with Gasteiger partial charge in [-0.3, -0.25) is 0 Å². The Labute approximate surface area is 114 Å². The highest BCUT2D eigenvalue weighted by Gasteiger charge is 2.17. The maximum absolute atomic E-state index is 11.7. The summed E-state index contributed by atoms with van der Waals surface area (Å²) in [7, 11) is 1.40. The molecule has 1 saturated carbocycles. The van der Waals surface area contributed by atoms with Crippen molar-refractivity contribution in [1.29, 1.82) is 0 Å². The molecule has 1 aliphatic rings. The Hall–Kier alpha value is -1.58. The minimum absolute atomic E-state index is 0.332. The maximum Gasteiger partial charge on any atom is 0.341 e. The largest absolute Gasteiger partial charge is 0.465 e. The van der Waals surface area contributed by atoms with Crippen LogP contribution in [0.15, 0.2) is 18.3 Å². The second kappa shape index (κ2) is 7.12. The normalized spacial score (nSPS) is 17.3. The highest BCUT2D eigenvalue weighted by atomic mass is 16.5. The van der Waals surface area contributed by atoms with E-state index in [-0.39, 0.29) is 5.97 Å². The summed E-state index contributed by atoms with van der Waals surface area (Å²) in [5, 5.41) is 3.42. The van der Waals surface area contributed by atoms with Crippen molar-refractivity contribution in [2.75, 3.05) is 12.4 Å². The van der Waals surface area contributed by atoms with E-state index in [0.29, 0.717) is 17.4 Å². The van der Waals surface area contributed by atoms with E-state index in [1.807, 2.05) is 0 Å². The van der Waals surface area contributed by atoms with Crippen molar-refractivity contribution in [2.45, 2.75) is 51.0 Å². The lowest BCUT2D eigenvalue weighted by Gasteiger charge is -2.22. The van der Waals surface area contributed by atoms with Gasteiger partial charge in [0.05, 0.1) is 7.11 Å². The first-order valence-corrected chi connectivity index (χ1v) is 7.11. The number of rotatable bonds is 3. The van der Waals surface area contributed by atoms with Crippen LogP contribution in [0.4, 0.5) is 5.82 Å². The number of nitrogens with zero attached hydrogens (tertiary/aromatic N) is 1. The summed E-state index contributed by atoms with van der Waals surface area (Å²) >= 11 is 0. The van der Waals surface area contributed by atoms with Crippen LogP contribution in [0.1, 0.15) is 55.3 Å². The van der Waals surface area contributed by atoms with Crippen LogP contribution in [-0.2, 0) is 4.74 Å². The van der Waals surface area contributed by atoms with Gasteiger partial charge in [-0.2, -0.15) is 0 Å². The highest BCUT2D eigenvalue weighted by Crippen LogP contribution is 2.21. The Morgan fingerprint density at radius 1 is 1.26 bits per heavy atom. The van der Waals surface area contributed by atoms with Crippen LogP contribution in [0, 0.1) is 0 Å². The lowest BCUT2D eigenvalue weighted by molar-refractivity contribution is 0.0601. The number of carbonyl (C=O) groups excluding carboxylic acids is 1. The quantitative estimate of drug-likeness (QED) is 0.848. The zero-order valence-electron chi connectivity index (χ0n) is 11.5. The highest BCUT2D eigenvalue weighted by molar-refractivity contribution is 5.94. The summed E-state index contributed by atoms with van der Waals surface area (Å²) in [6.07, 6.45) is 10.5. The fourth-order valence-electron chi connectivity index (χ4n) is 2.59. The number of pyridine rings is 1. The van der Waals surface area contributed by atoms with E-state index >= 15 is 0 Å². The Balaban J connectivity index is 2.06. The molecular formula is C15H22N2O2. The monoisotopic (exact) mass is 262 g/mol. The molecule has 1 aromatic heterocycles. The first-order valence-electron chi connectivity index (χ1n) is 7.11. The van der Waals surface area contributed by atoms with Crippen LogP contribution >= 0.6 is 0 Å². The van der Waals surface area contributed by atoms with E-state index < -0.39 is 0 Å². The summed E-state index contributed by atoms with van der Waals surface area (Å²) in [5.74, 6) is 0.321. The van der Waals surface area contributed by atoms with Crippen LogP contribution in [0.2, 0.25) is 0 Å². The first-order chi connectivity index (χ1) is 9.31. The van der Waals surface area contributed by atoms with E-state index in [1.54, 1.807) is 18.3 Å². The number of anilines is 1. The number of nitrogens with one attached hydrogen (secondary N) is 1. The van der Waals surface area contributed by atoms with Crippen molar-refractivity contribution in [1.82, 2.24) is 4.98 Å². The molecule has 1 heterocycles. The second-order valence-electron chi connectivity index (χ2n) is 5.08. The van der Waals surface area contributed by atoms with E-state index in [0.717, 1.165) is 12.8 Å². The van der Waals surface area contributed by atoms with Gasteiger partial charge in [0, 0.05) is 12.2 Å². The van der Waals surface area contributed by atoms with Crippen molar-refractivity contribution in [3.63, 3.8) is 0 Å². The third-order valence-electron chi connectivity index (χ3n) is 3.66. The van der Waals surface area contributed by atoms with E-state index in [9.17, 15) is 4.79 Å². The second-order valence-corrected chi connectivity index (χ2v) is 5.08. The van der Waals surface area contributed by atoms with Gasteiger partial charge < -0.3 is 10.1 Å². The third-order valence-corrected chi connectivity index (χ3v) is 3.66. The van der Waals surface area contributed by atoms with Gasteiger partial charge in [-0.15, -0.1) is 0 Å². The number of ether oxygens (including phenoxy) is 1. The maximum atomic E-state index is 11.7. The Kier molecular flexibility index (Phi) is 5.19. The number of methoxy groups -OCH3 is 1. The molecule has 104 valence electrons. The van der Waals surface area contributed by atoms with Crippen molar-refractivity contribution in [3.05, 3.63) is 23.9 Å². The number of carbonyl (C=O) groups is 1. The van der Waals surface area contributed by atoms with Crippen molar-refractivity contribution < 1.29 is 9.53 Å². The lowest BCUT2D eigenvalue weighted by atomic mass is 9.96. The molecule has 1 fully saturated rings. The van der Waals surface area contributed by atoms with Crippen molar-refractivity contribution in [2.24, 2.45) is 0 Å². The van der Waals surface area contributed by atoms with E-state index in [1.165, 1.54) is 39.2 Å². The summed E-state index contributed by atoms with van der Waals surface area (Å²) in [5.41, 5.74) is 0.520. The summed E-state index contributed by atoms with van der Waals surface area (Å²) in [6.45, 7) is 0. The molecule has 1 aliphatic carbocycles. The molecular weight excluding hydrogens is 240 g/mol. The smallest absolute Gasteiger partial charge is 0.341 e. The van der Waals surface area contributed by atoms with Crippen LogP contribution in [-0.4, -0.2) is 24.1 Å². The fourth-order valence-corrected chi connectivity index (χ4v) is 2.59. The molecule has 4 nitrogen and oxygen atoms in total. The molecule has 19 heavy (non-hydrogen) atoms. The Morgan fingerprint density at radius 2 is 1.95 bits per heavy atom. The van der Waals surface area contributed by atoms with Gasteiger partial charge >= 0.3 is 5.97 Å². The number of hydrogen-bond acceptors (Lipinski definition) is 4. The Morgan fingerprint density at radius 3 is 2.63 bits per heavy atom. The van der Waals surface area contributed by atoms with Gasteiger partial charge in [0.2, 0.25) is 0 Å². The van der Waals surface area contributed by atoms with Gasteiger partial charge in [-0.05, 0) is 25.0 Å². The topological polar surface area (TPSA) is 51.2 Å². The average molecular weight is 262 g/mol. The molecule has 0 bridgehead atoms. The van der Waals surface area contributed by atoms with Gasteiger partial charge in [-0.1, -0.05) is 32.1 Å². The Bertz CT molecular complexity index is 412. The molecule has 0 spiro atoms. The van der Waals surface area contributed by atoms with Gasteiger partial charge in [0.1, 0.15) is 11.4 Å². The summed E-state index contributed by atoms with van der Waals surface area (Å²) in [6, 6.07) is 3.93. The van der Waals surface area contributed by atoms with Gasteiger partial charge in [0.25, 0.3) is 0 Å². The summed E-state index contributed by atoms with van der Waals surface area (Å²) < 4.78 is 4.79. The zero-order chi connectivity index (χ0) is 13.5. The average Bonchev–Trinajstić information content (AvgIpc) is 2.41. The molecule has 1 N–H and O–H groups in total. The van der Waals surface area contributed by atoms with Gasteiger partial charge in [-0.25, -0.2) is 9.78 Å². The van der Waals surface area contributed by atoms with Crippen molar-refractivity contribution >= 4 is 11.8 Å². The van der Waals surface area contributed by atoms with Gasteiger partial charge in [0.15, 0.2) is 0 Å². The molecule has 0 aromatic carbocycles. The minimum atomic E-state index is -0.332. The van der Waals surface area contributed by atoms with Crippen LogP contribution in [0.25, 0.3) is 0 Å². The molecule has 1 aromatic rings. The van der Waals surface area contributed by atoms with E-state index in [4.69, 9.17) is 4.74 Å². The molecule has 4 heteroatoms. The zero-order valence-corrected chi connectivity index (χ0v) is 11.5. The molecule has 0 amide bonds. The summed E-state index contributed by atoms with van der Waals surface area (Å²) in [4.78, 5) is 16.0. The number of hydrogen-bond donors (Lipinski definition) is 1. The first kappa shape index (κ1) is 13.8. The molecule has 0 unspecified atom stereocenters. The molecule has 0 saturated heterocycles. The minimum Gasteiger partial charge on any atom is -0.465 e. The standard InChI is InChI=1S/C15H22N2O2/c1-19-15(18)13-10-7-11-16-14(13)17-12-8-5-3-2-4-6-9-12/h7,10-12H,2-6,8-9H2,1H3,(H,16,17). The van der Waals surface area contributed by atoms with Crippen molar-refractivity contribution in [3.8, 4) is 0 Å². The molecule has 0 atom stereocenters. The SMILES string of the molecule is COC(=O)c1cccnc1NC1CCCCCCC1.